The van der Waals surface area contributed by atoms with E-state index in [1.165, 1.54) is 0 Å². The molecular weight excluding hydrogens is 325 g/mol. The molecule has 2 rings (SSSR count). The number of halogens is 2. The quantitative estimate of drug-likeness (QED) is 0.844. The summed E-state index contributed by atoms with van der Waals surface area (Å²) in [4.78, 5) is 10.7. The van der Waals surface area contributed by atoms with Crippen LogP contribution in [-0.4, -0.2) is 17.1 Å². The highest BCUT2D eigenvalue weighted by molar-refractivity contribution is 6.35. The summed E-state index contributed by atoms with van der Waals surface area (Å²) in [6.45, 7) is 0.256. The van der Waals surface area contributed by atoms with Crippen molar-refractivity contribution in [2.45, 2.75) is 19.1 Å². The van der Waals surface area contributed by atoms with Crippen LogP contribution in [0.5, 0.6) is 5.75 Å². The van der Waals surface area contributed by atoms with Crippen molar-refractivity contribution in [1.82, 2.24) is 0 Å². The van der Waals surface area contributed by atoms with Crippen molar-refractivity contribution in [3.05, 3.63) is 63.6 Å². The Morgan fingerprint density at radius 1 is 1.14 bits per heavy atom. The first-order valence-corrected chi connectivity index (χ1v) is 7.36. The molecule has 2 aromatic carbocycles. The van der Waals surface area contributed by atoms with Crippen LogP contribution >= 0.6 is 23.2 Å². The molecule has 4 nitrogen and oxygen atoms in total. The van der Waals surface area contributed by atoms with Crippen LogP contribution in [0, 0.1) is 0 Å². The van der Waals surface area contributed by atoms with Gasteiger partial charge in [0, 0.05) is 15.6 Å². The minimum absolute atomic E-state index is 0.256. The largest absolute Gasteiger partial charge is 0.489 e. The second-order valence-electron chi connectivity index (χ2n) is 4.78. The summed E-state index contributed by atoms with van der Waals surface area (Å²) >= 11 is 12.1. The first-order valence-electron chi connectivity index (χ1n) is 6.60. The van der Waals surface area contributed by atoms with Gasteiger partial charge in [0.25, 0.3) is 0 Å². The average molecular weight is 340 g/mol. The molecule has 0 fully saturated rings. The molecule has 0 spiro atoms. The van der Waals surface area contributed by atoms with E-state index in [0.29, 0.717) is 15.8 Å². The van der Waals surface area contributed by atoms with Gasteiger partial charge in [-0.1, -0.05) is 41.4 Å². The van der Waals surface area contributed by atoms with Crippen LogP contribution in [0.25, 0.3) is 0 Å². The van der Waals surface area contributed by atoms with Gasteiger partial charge in [0.2, 0.25) is 0 Å². The van der Waals surface area contributed by atoms with Crippen LogP contribution in [0.4, 0.5) is 0 Å². The van der Waals surface area contributed by atoms with E-state index in [2.05, 4.69) is 0 Å². The minimum Gasteiger partial charge on any atom is -0.489 e. The van der Waals surface area contributed by atoms with E-state index in [-0.39, 0.29) is 13.0 Å². The van der Waals surface area contributed by atoms with E-state index in [4.69, 9.17) is 38.8 Å². The van der Waals surface area contributed by atoms with Crippen molar-refractivity contribution in [2.75, 3.05) is 0 Å². The molecule has 0 amide bonds. The summed E-state index contributed by atoms with van der Waals surface area (Å²) in [5.41, 5.74) is 7.05. The number of carbonyl (C=O) groups is 1. The number of aliphatic carboxylic acids is 1. The predicted octanol–water partition coefficient (Wildman–Crippen LogP) is 3.53. The summed E-state index contributed by atoms with van der Waals surface area (Å²) in [5, 5.41) is 9.89. The van der Waals surface area contributed by atoms with Crippen LogP contribution in [0.3, 0.4) is 0 Å². The van der Waals surface area contributed by atoms with E-state index in [0.717, 1.165) is 11.1 Å². The molecule has 0 radical (unpaired) electrons. The van der Waals surface area contributed by atoms with Crippen molar-refractivity contribution in [3.63, 3.8) is 0 Å². The van der Waals surface area contributed by atoms with E-state index in [1.54, 1.807) is 42.5 Å². The molecule has 0 aromatic heterocycles. The highest BCUT2D eigenvalue weighted by Gasteiger charge is 2.12. The maximum absolute atomic E-state index is 10.7. The number of hydrogen-bond donors (Lipinski definition) is 2. The van der Waals surface area contributed by atoms with Crippen molar-refractivity contribution < 1.29 is 14.6 Å². The summed E-state index contributed by atoms with van der Waals surface area (Å²) < 4.78 is 5.64. The van der Waals surface area contributed by atoms with E-state index >= 15 is 0 Å². The van der Waals surface area contributed by atoms with Crippen LogP contribution in [0.15, 0.2) is 42.5 Å². The molecule has 116 valence electrons. The van der Waals surface area contributed by atoms with Gasteiger partial charge in [-0.05, 0) is 36.2 Å². The Morgan fingerprint density at radius 2 is 1.73 bits per heavy atom. The molecule has 3 N–H and O–H groups in total. The summed E-state index contributed by atoms with van der Waals surface area (Å²) in [6.07, 6.45) is 0.270. The number of rotatable bonds is 6. The Morgan fingerprint density at radius 3 is 2.27 bits per heavy atom. The third kappa shape index (κ3) is 4.37. The topological polar surface area (TPSA) is 72.5 Å². The number of ether oxygens (including phenoxy) is 1. The zero-order valence-corrected chi connectivity index (χ0v) is 13.1. The zero-order valence-electron chi connectivity index (χ0n) is 11.6. The van der Waals surface area contributed by atoms with E-state index < -0.39 is 12.0 Å². The van der Waals surface area contributed by atoms with E-state index in [1.807, 2.05) is 0 Å². The zero-order chi connectivity index (χ0) is 16.1. The Bertz CT molecular complexity index is 639. The van der Waals surface area contributed by atoms with Crippen molar-refractivity contribution in [1.29, 1.82) is 0 Å². The Kier molecular flexibility index (Phi) is 5.66. The van der Waals surface area contributed by atoms with Crippen molar-refractivity contribution >= 4 is 29.2 Å². The average Bonchev–Trinajstić information content (AvgIpc) is 2.48. The minimum atomic E-state index is -1.02. The predicted molar refractivity (Wildman–Crippen MR) is 86.6 cm³/mol. The van der Waals surface area contributed by atoms with E-state index in [9.17, 15) is 4.79 Å². The van der Waals surface area contributed by atoms with Gasteiger partial charge >= 0.3 is 5.97 Å². The number of carboxylic acid groups (broad SMARTS) is 1. The van der Waals surface area contributed by atoms with Gasteiger partial charge in [0.15, 0.2) is 0 Å². The monoisotopic (exact) mass is 339 g/mol. The molecule has 0 saturated carbocycles. The summed E-state index contributed by atoms with van der Waals surface area (Å²) in [5.74, 6) is -0.377. The van der Waals surface area contributed by atoms with Gasteiger partial charge in [0.05, 0.1) is 0 Å². The summed E-state index contributed by atoms with van der Waals surface area (Å²) in [7, 11) is 0. The smallest absolute Gasteiger partial charge is 0.320 e. The highest BCUT2D eigenvalue weighted by Crippen LogP contribution is 2.26. The fourth-order valence-electron chi connectivity index (χ4n) is 1.89. The molecular formula is C16H15Cl2NO3. The second-order valence-corrected chi connectivity index (χ2v) is 5.60. The lowest BCUT2D eigenvalue weighted by molar-refractivity contribution is -0.138. The molecule has 0 aliphatic carbocycles. The fourth-order valence-corrected chi connectivity index (χ4v) is 2.40. The maximum atomic E-state index is 10.7. The van der Waals surface area contributed by atoms with Gasteiger partial charge in [-0.3, -0.25) is 4.79 Å². The molecule has 2 aromatic rings. The normalized spacial score (nSPS) is 12.0. The number of nitrogens with two attached hydrogens (primary N) is 1. The fraction of sp³-hybridized carbons (Fsp3) is 0.188. The van der Waals surface area contributed by atoms with Crippen molar-refractivity contribution in [3.8, 4) is 5.75 Å². The Hall–Kier alpha value is -1.75. The Labute approximate surface area is 138 Å². The standard InChI is InChI=1S/C16H15Cl2NO3/c17-13-2-1-3-14(18)12(13)9-22-11-6-4-10(5-7-11)8-15(19)16(20)21/h1-7,15H,8-9,19H2,(H,20,21). The molecule has 22 heavy (non-hydrogen) atoms. The van der Waals surface area contributed by atoms with Crippen molar-refractivity contribution in [2.24, 2.45) is 5.73 Å². The lowest BCUT2D eigenvalue weighted by Crippen LogP contribution is -2.32. The third-order valence-electron chi connectivity index (χ3n) is 3.14. The Balaban J connectivity index is 1.98. The third-order valence-corrected chi connectivity index (χ3v) is 3.85. The van der Waals surface area contributed by atoms with Gasteiger partial charge in [-0.15, -0.1) is 0 Å². The molecule has 0 bridgehead atoms. The lowest BCUT2D eigenvalue weighted by atomic mass is 10.1. The SMILES string of the molecule is NC(Cc1ccc(OCc2c(Cl)cccc2Cl)cc1)C(=O)O. The molecule has 0 heterocycles. The van der Waals surface area contributed by atoms with Crippen LogP contribution in [0.2, 0.25) is 10.0 Å². The highest BCUT2D eigenvalue weighted by atomic mass is 35.5. The maximum Gasteiger partial charge on any atom is 0.320 e. The molecule has 1 atom stereocenters. The molecule has 0 aliphatic heterocycles. The van der Waals surface area contributed by atoms with Crippen LogP contribution < -0.4 is 10.5 Å². The van der Waals surface area contributed by atoms with Crippen LogP contribution in [-0.2, 0) is 17.8 Å². The van der Waals surface area contributed by atoms with Gasteiger partial charge < -0.3 is 15.6 Å². The first-order chi connectivity index (χ1) is 10.5. The lowest BCUT2D eigenvalue weighted by Gasteiger charge is -2.11. The number of carboxylic acids is 1. The summed E-state index contributed by atoms with van der Waals surface area (Å²) in [6, 6.07) is 11.5. The first kappa shape index (κ1) is 16.6. The van der Waals surface area contributed by atoms with Crippen LogP contribution in [0.1, 0.15) is 11.1 Å². The molecule has 0 aliphatic rings. The van der Waals surface area contributed by atoms with Gasteiger partial charge in [-0.2, -0.15) is 0 Å². The number of benzene rings is 2. The van der Waals surface area contributed by atoms with Gasteiger partial charge in [0.1, 0.15) is 18.4 Å². The number of hydrogen-bond acceptors (Lipinski definition) is 3. The molecule has 0 saturated heterocycles. The molecule has 1 unspecified atom stereocenters. The molecule has 6 heteroatoms. The van der Waals surface area contributed by atoms with Gasteiger partial charge in [-0.25, -0.2) is 0 Å². The second kappa shape index (κ2) is 7.49.